The van der Waals surface area contributed by atoms with Crippen LogP contribution in [-0.2, 0) is 24.3 Å². The number of benzene rings is 2. The van der Waals surface area contributed by atoms with Crippen molar-refractivity contribution in [2.24, 2.45) is 0 Å². The summed E-state index contributed by atoms with van der Waals surface area (Å²) < 4.78 is 1.93. The number of thioether (sulfide) groups is 1. The third kappa shape index (κ3) is 5.91. The van der Waals surface area contributed by atoms with Crippen LogP contribution in [0.2, 0.25) is 0 Å². The first kappa shape index (κ1) is 23.7. The van der Waals surface area contributed by atoms with Crippen LogP contribution in [0.5, 0.6) is 0 Å². The molecule has 34 heavy (non-hydrogen) atoms. The van der Waals surface area contributed by atoms with Crippen LogP contribution in [0.3, 0.4) is 0 Å². The summed E-state index contributed by atoms with van der Waals surface area (Å²) in [4.78, 5) is 19.4. The lowest BCUT2D eigenvalue weighted by Gasteiger charge is -2.23. The zero-order chi connectivity index (χ0) is 23.9. The Bertz CT molecular complexity index is 1240. The topological polar surface area (TPSA) is 63.9 Å². The fourth-order valence-electron chi connectivity index (χ4n) is 3.64. The van der Waals surface area contributed by atoms with E-state index < -0.39 is 0 Å². The highest BCUT2D eigenvalue weighted by atomic mass is 32.2. The van der Waals surface area contributed by atoms with Gasteiger partial charge in [-0.25, -0.2) is 0 Å². The van der Waals surface area contributed by atoms with Crippen molar-refractivity contribution in [1.29, 1.82) is 0 Å². The molecule has 0 saturated heterocycles. The number of aryl methyl sites for hydroxylation is 3. The number of nitrogens with zero attached hydrogens (tertiary/aromatic N) is 5. The molecular weight excluding hydrogens is 442 g/mol. The molecule has 2 aromatic carbocycles. The molecule has 4 aromatic rings. The third-order valence-electron chi connectivity index (χ3n) is 5.86. The molecule has 6 nitrogen and oxygen atoms in total. The molecule has 0 aliphatic carbocycles. The molecule has 174 valence electrons. The fraction of sp³-hybridized carbons (Fsp3) is 0.259. The summed E-state index contributed by atoms with van der Waals surface area (Å²) in [6, 6.07) is 18.6. The van der Waals surface area contributed by atoms with Crippen molar-refractivity contribution in [3.63, 3.8) is 0 Å². The molecule has 0 saturated carbocycles. The van der Waals surface area contributed by atoms with Crippen molar-refractivity contribution in [3.05, 3.63) is 101 Å². The van der Waals surface area contributed by atoms with E-state index in [1.54, 1.807) is 12.5 Å². The van der Waals surface area contributed by atoms with Gasteiger partial charge in [0.1, 0.15) is 6.33 Å². The third-order valence-corrected chi connectivity index (χ3v) is 6.79. The van der Waals surface area contributed by atoms with E-state index in [2.05, 4.69) is 72.4 Å². The number of hydrogen-bond donors (Lipinski definition) is 0. The highest BCUT2D eigenvalue weighted by Gasteiger charge is 2.17. The van der Waals surface area contributed by atoms with Gasteiger partial charge in [-0.1, -0.05) is 55.1 Å². The van der Waals surface area contributed by atoms with Crippen molar-refractivity contribution in [1.82, 2.24) is 24.6 Å². The molecule has 0 aliphatic rings. The zero-order valence-electron chi connectivity index (χ0n) is 19.8. The van der Waals surface area contributed by atoms with Crippen molar-refractivity contribution < 1.29 is 4.79 Å². The normalized spacial score (nSPS) is 10.9. The lowest BCUT2D eigenvalue weighted by molar-refractivity contribution is -0.129. The molecule has 2 aromatic heterocycles. The summed E-state index contributed by atoms with van der Waals surface area (Å²) in [7, 11) is 0. The number of amides is 1. The quantitative estimate of drug-likeness (QED) is 0.316. The summed E-state index contributed by atoms with van der Waals surface area (Å²) in [5, 5.41) is 9.04. The molecule has 0 fully saturated rings. The number of rotatable bonds is 9. The monoisotopic (exact) mass is 471 g/mol. The maximum atomic E-state index is 13.3. The first-order chi connectivity index (χ1) is 16.5. The zero-order valence-corrected chi connectivity index (χ0v) is 20.6. The molecule has 0 spiro atoms. The van der Waals surface area contributed by atoms with Crippen molar-refractivity contribution in [3.8, 4) is 5.69 Å². The van der Waals surface area contributed by atoms with E-state index in [-0.39, 0.29) is 11.7 Å². The fourth-order valence-corrected chi connectivity index (χ4v) is 4.47. The van der Waals surface area contributed by atoms with Crippen LogP contribution in [0, 0.1) is 13.8 Å². The lowest BCUT2D eigenvalue weighted by atomic mass is 10.1. The SMILES string of the molecule is CCc1ccc(CN(Cc2cccnc2)C(=O)CSc2nncn2-c2ccc(C)c(C)c2)cc1. The van der Waals surface area contributed by atoms with Gasteiger partial charge in [-0.15, -0.1) is 10.2 Å². The Hall–Kier alpha value is -3.45. The Morgan fingerprint density at radius 3 is 2.44 bits per heavy atom. The first-order valence-electron chi connectivity index (χ1n) is 11.4. The number of carbonyl (C=O) groups excluding carboxylic acids is 1. The second-order valence-electron chi connectivity index (χ2n) is 8.32. The number of aromatic nitrogens is 4. The lowest BCUT2D eigenvalue weighted by Crippen LogP contribution is -2.31. The van der Waals surface area contributed by atoms with E-state index in [1.807, 2.05) is 33.9 Å². The summed E-state index contributed by atoms with van der Waals surface area (Å²) in [6.45, 7) is 7.37. The van der Waals surface area contributed by atoms with Gasteiger partial charge in [-0.05, 0) is 66.3 Å². The van der Waals surface area contributed by atoms with Crippen LogP contribution in [0.4, 0.5) is 0 Å². The predicted octanol–water partition coefficient (Wildman–Crippen LogP) is 5.16. The van der Waals surface area contributed by atoms with Gasteiger partial charge < -0.3 is 4.90 Å². The average molecular weight is 472 g/mol. The second-order valence-corrected chi connectivity index (χ2v) is 9.26. The average Bonchev–Trinajstić information content (AvgIpc) is 3.33. The van der Waals surface area contributed by atoms with Gasteiger partial charge in [0.15, 0.2) is 5.16 Å². The van der Waals surface area contributed by atoms with Gasteiger partial charge >= 0.3 is 0 Å². The minimum atomic E-state index is 0.0445. The number of hydrogen-bond acceptors (Lipinski definition) is 5. The molecule has 1 amide bonds. The Morgan fingerprint density at radius 1 is 0.971 bits per heavy atom. The maximum absolute atomic E-state index is 13.3. The van der Waals surface area contributed by atoms with Gasteiger partial charge in [0, 0.05) is 31.2 Å². The van der Waals surface area contributed by atoms with Gasteiger partial charge in [-0.2, -0.15) is 0 Å². The first-order valence-corrected chi connectivity index (χ1v) is 12.4. The molecule has 0 bridgehead atoms. The van der Waals surface area contributed by atoms with Crippen molar-refractivity contribution in [2.75, 3.05) is 5.75 Å². The molecule has 2 heterocycles. The number of pyridine rings is 1. The highest BCUT2D eigenvalue weighted by Crippen LogP contribution is 2.22. The van der Waals surface area contributed by atoms with E-state index in [1.165, 1.54) is 28.5 Å². The Labute approximate surface area is 205 Å². The van der Waals surface area contributed by atoms with E-state index >= 15 is 0 Å². The van der Waals surface area contributed by atoms with Gasteiger partial charge in [0.05, 0.1) is 5.75 Å². The summed E-state index contributed by atoms with van der Waals surface area (Å²) in [6.07, 6.45) is 6.24. The van der Waals surface area contributed by atoms with Crippen LogP contribution in [-0.4, -0.2) is 36.3 Å². The molecule has 0 radical (unpaired) electrons. The Balaban J connectivity index is 1.49. The van der Waals surface area contributed by atoms with Crippen molar-refractivity contribution in [2.45, 2.75) is 45.4 Å². The minimum Gasteiger partial charge on any atom is -0.333 e. The van der Waals surface area contributed by atoms with Crippen LogP contribution < -0.4 is 0 Å². The van der Waals surface area contributed by atoms with Gasteiger partial charge in [0.2, 0.25) is 5.91 Å². The molecule has 0 atom stereocenters. The predicted molar refractivity (Wildman–Crippen MR) is 136 cm³/mol. The molecule has 4 rings (SSSR count). The van der Waals surface area contributed by atoms with Gasteiger partial charge in [0.25, 0.3) is 0 Å². The highest BCUT2D eigenvalue weighted by molar-refractivity contribution is 7.99. The molecule has 0 N–H and O–H groups in total. The molecule has 7 heteroatoms. The van der Waals surface area contributed by atoms with Gasteiger partial charge in [-0.3, -0.25) is 14.3 Å². The standard InChI is InChI=1S/C27H29N5OS/c1-4-22-8-10-23(11-9-22)16-31(17-24-6-5-13-28-15-24)26(33)18-34-27-30-29-19-32(27)25-12-7-20(2)21(3)14-25/h5-15,19H,4,16-18H2,1-3H3. The summed E-state index contributed by atoms with van der Waals surface area (Å²) in [5.41, 5.74) is 6.83. The molecule has 0 aliphatic heterocycles. The van der Waals surface area contributed by atoms with E-state index in [9.17, 15) is 4.79 Å². The van der Waals surface area contributed by atoms with Crippen LogP contribution >= 0.6 is 11.8 Å². The Kier molecular flexibility index (Phi) is 7.75. The molecular formula is C27H29N5OS. The second kappa shape index (κ2) is 11.1. The van der Waals surface area contributed by atoms with Crippen LogP contribution in [0.1, 0.15) is 34.7 Å². The minimum absolute atomic E-state index is 0.0445. The van der Waals surface area contributed by atoms with E-state index in [4.69, 9.17) is 0 Å². The number of carbonyl (C=O) groups is 1. The largest absolute Gasteiger partial charge is 0.333 e. The maximum Gasteiger partial charge on any atom is 0.233 e. The van der Waals surface area contributed by atoms with Crippen molar-refractivity contribution >= 4 is 17.7 Å². The Morgan fingerprint density at radius 2 is 1.74 bits per heavy atom. The molecule has 0 unspecified atom stereocenters. The van der Waals surface area contributed by atoms with E-state index in [0.29, 0.717) is 18.2 Å². The van der Waals surface area contributed by atoms with Crippen LogP contribution in [0.15, 0.2) is 78.5 Å². The van der Waals surface area contributed by atoms with E-state index in [0.717, 1.165) is 23.2 Å². The summed E-state index contributed by atoms with van der Waals surface area (Å²) >= 11 is 1.40. The summed E-state index contributed by atoms with van der Waals surface area (Å²) in [5.74, 6) is 0.319. The smallest absolute Gasteiger partial charge is 0.233 e. The van der Waals surface area contributed by atoms with Crippen LogP contribution in [0.25, 0.3) is 5.69 Å².